The largest absolute Gasteiger partial charge is 0.449 e. The molecule has 1 aliphatic rings. The lowest BCUT2D eigenvalue weighted by Gasteiger charge is -2.31. The number of likely N-dealkylation sites (tertiary alicyclic amines) is 1. The summed E-state index contributed by atoms with van der Waals surface area (Å²) in [6, 6.07) is 13.4. The van der Waals surface area contributed by atoms with Crippen LogP contribution in [-0.2, 0) is 4.74 Å². The Morgan fingerprint density at radius 3 is 2.71 bits per heavy atom. The number of carbonyl (C=O) groups is 2. The van der Waals surface area contributed by atoms with E-state index in [2.05, 4.69) is 43.0 Å². The van der Waals surface area contributed by atoms with Crippen LogP contribution in [0.4, 0.5) is 10.5 Å². The van der Waals surface area contributed by atoms with Crippen molar-refractivity contribution in [1.82, 2.24) is 15.1 Å². The van der Waals surface area contributed by atoms with Gasteiger partial charge in [-0.25, -0.2) is 4.79 Å². The molecule has 0 atom stereocenters. The molecule has 162 valence electrons. The summed E-state index contributed by atoms with van der Waals surface area (Å²) in [7, 11) is 0. The predicted octanol–water partition coefficient (Wildman–Crippen LogP) is 4.70. The molecule has 1 amide bonds. The number of anilines is 1. The maximum absolute atomic E-state index is 12.7. The number of amides is 1. The van der Waals surface area contributed by atoms with Gasteiger partial charge in [0.05, 0.1) is 24.0 Å². The Bertz CT molecular complexity index is 1040. The monoisotopic (exact) mass is 532 g/mol. The first-order chi connectivity index (χ1) is 15.1. The number of ketones is 1. The Labute approximate surface area is 194 Å². The van der Waals surface area contributed by atoms with Gasteiger partial charge in [0.25, 0.3) is 0 Å². The molecule has 0 spiro atoms. The molecule has 2 N–H and O–H groups in total. The fourth-order valence-corrected chi connectivity index (χ4v) is 4.30. The van der Waals surface area contributed by atoms with Gasteiger partial charge in [-0.1, -0.05) is 18.2 Å². The van der Waals surface area contributed by atoms with E-state index in [1.54, 1.807) is 6.20 Å². The van der Waals surface area contributed by atoms with Crippen molar-refractivity contribution in [1.29, 1.82) is 0 Å². The number of hydrogen-bond donors (Lipinski definition) is 2. The highest BCUT2D eigenvalue weighted by Gasteiger charge is 2.25. The molecule has 1 fully saturated rings. The molecule has 0 bridgehead atoms. The number of aromatic amines is 1. The van der Waals surface area contributed by atoms with Gasteiger partial charge in [-0.15, -0.1) is 0 Å². The Kier molecular flexibility index (Phi) is 7.18. The van der Waals surface area contributed by atoms with Gasteiger partial charge in [-0.2, -0.15) is 5.10 Å². The van der Waals surface area contributed by atoms with Crippen LogP contribution in [0, 0.1) is 9.49 Å². The zero-order valence-electron chi connectivity index (χ0n) is 17.1. The van der Waals surface area contributed by atoms with E-state index in [0.29, 0.717) is 12.3 Å². The summed E-state index contributed by atoms with van der Waals surface area (Å²) >= 11 is 2.25. The van der Waals surface area contributed by atoms with Gasteiger partial charge in [0.1, 0.15) is 0 Å². The third-order valence-electron chi connectivity index (χ3n) is 5.66. The van der Waals surface area contributed by atoms with Gasteiger partial charge in [-0.3, -0.25) is 15.2 Å². The van der Waals surface area contributed by atoms with E-state index in [4.69, 9.17) is 4.74 Å². The van der Waals surface area contributed by atoms with Crippen LogP contribution in [0.1, 0.15) is 29.6 Å². The number of Topliss-reactive ketones (excluding diaryl/α,β-unsaturated/α-hetero) is 1. The summed E-state index contributed by atoms with van der Waals surface area (Å²) in [5, 5.41) is 10.5. The van der Waals surface area contributed by atoms with E-state index in [0.717, 1.165) is 58.9 Å². The van der Waals surface area contributed by atoms with E-state index in [1.807, 2.05) is 42.5 Å². The second-order valence-electron chi connectivity index (χ2n) is 7.74. The Morgan fingerprint density at radius 2 is 1.94 bits per heavy atom. The number of rotatable bonds is 7. The van der Waals surface area contributed by atoms with Crippen molar-refractivity contribution < 1.29 is 14.3 Å². The molecule has 8 heteroatoms. The Balaban J connectivity index is 1.15. The molecule has 31 heavy (non-hydrogen) atoms. The zero-order chi connectivity index (χ0) is 21.6. The minimum absolute atomic E-state index is 0.101. The maximum atomic E-state index is 12.7. The summed E-state index contributed by atoms with van der Waals surface area (Å²) in [6.07, 6.45) is 3.73. The zero-order valence-corrected chi connectivity index (χ0v) is 19.3. The van der Waals surface area contributed by atoms with Crippen LogP contribution in [0.15, 0.2) is 48.7 Å². The van der Waals surface area contributed by atoms with Crippen LogP contribution < -0.4 is 5.32 Å². The van der Waals surface area contributed by atoms with Gasteiger partial charge < -0.3 is 9.64 Å². The van der Waals surface area contributed by atoms with E-state index in [1.165, 1.54) is 0 Å². The molecule has 3 aromatic rings. The predicted molar refractivity (Wildman–Crippen MR) is 128 cm³/mol. The first kappa shape index (κ1) is 21.8. The Hall–Kier alpha value is -2.46. The molecular weight excluding hydrogens is 507 g/mol. The summed E-state index contributed by atoms with van der Waals surface area (Å²) in [4.78, 5) is 27.1. The van der Waals surface area contributed by atoms with E-state index in [-0.39, 0.29) is 11.7 Å². The number of nitrogens with zero attached hydrogens (tertiary/aromatic N) is 2. The van der Waals surface area contributed by atoms with Gasteiger partial charge >= 0.3 is 6.09 Å². The van der Waals surface area contributed by atoms with Crippen LogP contribution in [0.25, 0.3) is 10.9 Å². The number of nitrogens with one attached hydrogen (secondary N) is 2. The Morgan fingerprint density at radius 1 is 1.16 bits per heavy atom. The molecule has 1 saturated heterocycles. The second-order valence-corrected chi connectivity index (χ2v) is 8.98. The summed E-state index contributed by atoms with van der Waals surface area (Å²) in [6.45, 7) is 3.01. The highest BCUT2D eigenvalue weighted by molar-refractivity contribution is 14.1. The molecule has 2 heterocycles. The SMILES string of the molecule is O=C(Nc1cccc2[nH]ncc12)OCCCN1CCC(C(=O)c2ccc(I)cc2)CC1. The van der Waals surface area contributed by atoms with E-state index >= 15 is 0 Å². The summed E-state index contributed by atoms with van der Waals surface area (Å²) in [5.74, 6) is 0.354. The first-order valence-electron chi connectivity index (χ1n) is 10.5. The van der Waals surface area contributed by atoms with Crippen molar-refractivity contribution >= 4 is 51.1 Å². The highest BCUT2D eigenvalue weighted by Crippen LogP contribution is 2.23. The van der Waals surface area contributed by atoms with Crippen molar-refractivity contribution in [3.8, 4) is 0 Å². The fraction of sp³-hybridized carbons (Fsp3) is 0.348. The smallest absolute Gasteiger partial charge is 0.411 e. The number of carbonyl (C=O) groups excluding carboxylic acids is 2. The van der Waals surface area contributed by atoms with Crippen LogP contribution in [-0.4, -0.2) is 53.2 Å². The number of piperidine rings is 1. The van der Waals surface area contributed by atoms with Crippen LogP contribution >= 0.6 is 22.6 Å². The summed E-state index contributed by atoms with van der Waals surface area (Å²) < 4.78 is 6.46. The molecule has 1 aromatic heterocycles. The number of benzene rings is 2. The lowest BCUT2D eigenvalue weighted by atomic mass is 9.89. The number of hydrogen-bond acceptors (Lipinski definition) is 5. The molecule has 7 nitrogen and oxygen atoms in total. The molecule has 0 saturated carbocycles. The normalized spacial score (nSPS) is 15.1. The molecule has 0 aliphatic carbocycles. The molecular formula is C23H25IN4O3. The molecule has 2 aromatic carbocycles. The molecule has 1 aliphatic heterocycles. The standard InChI is InChI=1S/C23H25IN4O3/c24-18-7-5-16(6-8-18)22(29)17-9-12-28(13-10-17)11-2-14-31-23(30)26-20-3-1-4-21-19(20)15-25-27-21/h1,3-8,15,17H,2,9-14H2,(H,25,27)(H,26,30). The summed E-state index contributed by atoms with van der Waals surface area (Å²) in [5.41, 5.74) is 2.35. The number of aromatic nitrogens is 2. The highest BCUT2D eigenvalue weighted by atomic mass is 127. The van der Waals surface area contributed by atoms with Crippen LogP contribution in [0.5, 0.6) is 0 Å². The number of H-pyrrole nitrogens is 1. The average molecular weight is 532 g/mol. The minimum atomic E-state index is -0.462. The number of fused-ring (bicyclic) bond motifs is 1. The van der Waals surface area contributed by atoms with Crippen molar-refractivity contribution in [2.75, 3.05) is 31.6 Å². The van der Waals surface area contributed by atoms with Crippen LogP contribution in [0.2, 0.25) is 0 Å². The first-order valence-corrected chi connectivity index (χ1v) is 11.6. The van der Waals surface area contributed by atoms with E-state index < -0.39 is 6.09 Å². The third-order valence-corrected chi connectivity index (χ3v) is 6.38. The van der Waals surface area contributed by atoms with Gasteiger partial charge in [0.2, 0.25) is 0 Å². The second kappa shape index (κ2) is 10.2. The molecule has 0 unspecified atom stereocenters. The van der Waals surface area contributed by atoms with E-state index in [9.17, 15) is 9.59 Å². The minimum Gasteiger partial charge on any atom is -0.449 e. The van der Waals surface area contributed by atoms with Crippen molar-refractivity contribution in [3.63, 3.8) is 0 Å². The quantitative estimate of drug-likeness (QED) is 0.262. The topological polar surface area (TPSA) is 87.3 Å². The lowest BCUT2D eigenvalue weighted by molar-refractivity contribution is 0.0830. The number of ether oxygens (including phenoxy) is 1. The van der Waals surface area contributed by atoms with Gasteiger partial charge in [-0.05, 0) is 79.2 Å². The fourth-order valence-electron chi connectivity index (χ4n) is 3.94. The van der Waals surface area contributed by atoms with Gasteiger partial charge in [0.15, 0.2) is 5.78 Å². The lowest BCUT2D eigenvalue weighted by Crippen LogP contribution is -2.37. The van der Waals surface area contributed by atoms with Crippen LogP contribution in [0.3, 0.4) is 0 Å². The van der Waals surface area contributed by atoms with Crippen molar-refractivity contribution in [3.05, 3.63) is 57.8 Å². The molecule has 4 rings (SSSR count). The van der Waals surface area contributed by atoms with Gasteiger partial charge in [0, 0.05) is 27.0 Å². The maximum Gasteiger partial charge on any atom is 0.411 e. The third kappa shape index (κ3) is 5.62. The molecule has 0 radical (unpaired) electrons. The van der Waals surface area contributed by atoms with Crippen molar-refractivity contribution in [2.45, 2.75) is 19.3 Å². The average Bonchev–Trinajstić information content (AvgIpc) is 3.27. The number of halogens is 1. The van der Waals surface area contributed by atoms with Crippen molar-refractivity contribution in [2.24, 2.45) is 5.92 Å².